The van der Waals surface area contributed by atoms with E-state index in [1.54, 1.807) is 12.1 Å². The van der Waals surface area contributed by atoms with Gasteiger partial charge in [-0.1, -0.05) is 18.2 Å². The molecule has 0 atom stereocenters. The second kappa shape index (κ2) is 9.15. The molecule has 2 aromatic heterocycles. The fraction of sp³-hybridized carbons (Fsp3) is 0.120. The molecule has 0 aliphatic rings. The molecule has 0 aliphatic heterocycles. The van der Waals surface area contributed by atoms with E-state index < -0.39 is 15.7 Å². The number of nitrogens with zero attached hydrogens (tertiary/aromatic N) is 1. The Kier molecular flexibility index (Phi) is 5.87. The van der Waals surface area contributed by atoms with Gasteiger partial charge in [0.15, 0.2) is 0 Å². The number of benzene rings is 3. The molecule has 10 heteroatoms. The van der Waals surface area contributed by atoms with Gasteiger partial charge in [0.1, 0.15) is 0 Å². The second-order valence-electron chi connectivity index (χ2n) is 8.15. The van der Waals surface area contributed by atoms with Crippen molar-refractivity contribution in [3.05, 3.63) is 95.0 Å². The van der Waals surface area contributed by atoms with Crippen molar-refractivity contribution in [2.24, 2.45) is 0 Å². The zero-order valence-corrected chi connectivity index (χ0v) is 19.4. The first-order valence-corrected chi connectivity index (χ1v) is 12.5. The Morgan fingerprint density at radius 1 is 0.914 bits per heavy atom. The monoisotopic (exact) mass is 489 g/mol. The lowest BCUT2D eigenvalue weighted by atomic mass is 10.2. The molecule has 2 heterocycles. The zero-order chi connectivity index (χ0) is 24.4. The number of amides is 1. The van der Waals surface area contributed by atoms with Crippen LogP contribution in [0.1, 0.15) is 16.8 Å². The molecule has 0 aliphatic carbocycles. The molecule has 35 heavy (non-hydrogen) atoms. The van der Waals surface area contributed by atoms with E-state index in [1.165, 1.54) is 35.7 Å². The van der Waals surface area contributed by atoms with E-state index >= 15 is 0 Å². The van der Waals surface area contributed by atoms with Gasteiger partial charge in [-0.25, -0.2) is 13.2 Å². The summed E-state index contributed by atoms with van der Waals surface area (Å²) in [6.45, 7) is 1.31. The third kappa shape index (κ3) is 4.82. The van der Waals surface area contributed by atoms with Crippen LogP contribution < -0.4 is 15.7 Å². The minimum atomic E-state index is -3.87. The van der Waals surface area contributed by atoms with Crippen molar-refractivity contribution in [3.63, 3.8) is 0 Å². The maximum atomic E-state index is 12.7. The number of rotatable bonds is 8. The predicted molar refractivity (Wildman–Crippen MR) is 135 cm³/mol. The van der Waals surface area contributed by atoms with Crippen molar-refractivity contribution in [1.82, 2.24) is 19.9 Å². The summed E-state index contributed by atoms with van der Waals surface area (Å²) in [6.07, 6.45) is 2.82. The van der Waals surface area contributed by atoms with Crippen LogP contribution in [0.15, 0.2) is 88.7 Å². The van der Waals surface area contributed by atoms with E-state index in [0.29, 0.717) is 28.8 Å². The van der Waals surface area contributed by atoms with Crippen molar-refractivity contribution in [3.8, 4) is 0 Å². The molecular formula is C25H23N5O4S. The number of anilines is 1. The number of aromatic nitrogens is 3. The highest BCUT2D eigenvalue weighted by Gasteiger charge is 2.16. The molecule has 4 N–H and O–H groups in total. The van der Waals surface area contributed by atoms with Crippen molar-refractivity contribution in [1.29, 1.82) is 0 Å². The standard InChI is InChI=1S/C25H23N5O4S/c31-24(26-13-3-14-30-15-12-17-4-1-2-5-23(17)30)18-6-8-19(9-7-18)29-35(33,34)20-10-11-21-22(16-20)28-25(32)27-21/h1-2,4-12,15-16,29H,3,13-14H2,(H,26,31)(H2,27,28,32). The van der Waals surface area contributed by atoms with Gasteiger partial charge in [0.25, 0.3) is 15.9 Å². The van der Waals surface area contributed by atoms with Crippen LogP contribution >= 0.6 is 0 Å². The van der Waals surface area contributed by atoms with E-state index in [9.17, 15) is 18.0 Å². The summed E-state index contributed by atoms with van der Waals surface area (Å²) in [4.78, 5) is 29.0. The number of carbonyl (C=O) groups is 1. The first kappa shape index (κ1) is 22.5. The number of aryl methyl sites for hydroxylation is 1. The smallest absolute Gasteiger partial charge is 0.323 e. The lowest BCUT2D eigenvalue weighted by Crippen LogP contribution is -2.25. The molecule has 5 aromatic rings. The topological polar surface area (TPSA) is 129 Å². The SMILES string of the molecule is O=C(NCCCn1ccc2ccccc21)c1ccc(NS(=O)(=O)c2ccc3[nH]c(=O)[nH]c3c2)cc1. The van der Waals surface area contributed by atoms with Gasteiger partial charge in [-0.05, 0) is 66.4 Å². The van der Waals surface area contributed by atoms with Crippen molar-refractivity contribution >= 4 is 43.6 Å². The number of hydrogen-bond donors (Lipinski definition) is 4. The maximum Gasteiger partial charge on any atom is 0.323 e. The number of sulfonamides is 1. The Bertz CT molecular complexity index is 1680. The Labute approximate surface area is 200 Å². The molecule has 0 unspecified atom stereocenters. The van der Waals surface area contributed by atoms with Gasteiger partial charge >= 0.3 is 5.69 Å². The summed E-state index contributed by atoms with van der Waals surface area (Å²) < 4.78 is 30.1. The molecule has 9 nitrogen and oxygen atoms in total. The number of carbonyl (C=O) groups excluding carboxylic acids is 1. The molecule has 0 fully saturated rings. The van der Waals surface area contributed by atoms with Gasteiger partial charge in [0.2, 0.25) is 0 Å². The molecular weight excluding hydrogens is 466 g/mol. The van der Waals surface area contributed by atoms with E-state index in [0.717, 1.165) is 18.5 Å². The molecule has 0 saturated heterocycles. The molecule has 0 bridgehead atoms. The zero-order valence-electron chi connectivity index (χ0n) is 18.6. The average molecular weight is 490 g/mol. The van der Waals surface area contributed by atoms with E-state index in [4.69, 9.17) is 0 Å². The van der Waals surface area contributed by atoms with E-state index in [2.05, 4.69) is 42.8 Å². The number of nitrogens with one attached hydrogen (secondary N) is 4. The summed E-state index contributed by atoms with van der Waals surface area (Å²) in [5.41, 5.74) is 2.43. The van der Waals surface area contributed by atoms with Crippen molar-refractivity contribution in [2.75, 3.05) is 11.3 Å². The third-order valence-corrected chi connectivity index (χ3v) is 7.12. The predicted octanol–water partition coefficient (Wildman–Crippen LogP) is 3.43. The number of hydrogen-bond acceptors (Lipinski definition) is 4. The summed E-state index contributed by atoms with van der Waals surface area (Å²) >= 11 is 0. The summed E-state index contributed by atoms with van der Waals surface area (Å²) in [7, 11) is -3.87. The maximum absolute atomic E-state index is 12.7. The molecule has 3 aromatic carbocycles. The number of para-hydroxylation sites is 1. The lowest BCUT2D eigenvalue weighted by molar-refractivity contribution is 0.0953. The highest BCUT2D eigenvalue weighted by molar-refractivity contribution is 7.92. The number of imidazole rings is 1. The van der Waals surface area contributed by atoms with Crippen LogP contribution in [0.4, 0.5) is 5.69 Å². The molecule has 5 rings (SSSR count). The Morgan fingerprint density at radius 2 is 1.69 bits per heavy atom. The summed E-state index contributed by atoms with van der Waals surface area (Å²) in [6, 6.07) is 20.8. The molecule has 1 amide bonds. The Morgan fingerprint density at radius 3 is 2.51 bits per heavy atom. The number of H-pyrrole nitrogens is 2. The first-order chi connectivity index (χ1) is 16.9. The van der Waals surface area contributed by atoms with E-state index in [1.807, 2.05) is 18.3 Å². The summed E-state index contributed by atoms with van der Waals surface area (Å²) in [5, 5.41) is 4.09. The normalized spacial score (nSPS) is 11.7. The number of fused-ring (bicyclic) bond motifs is 2. The Hall–Kier alpha value is -4.31. The largest absolute Gasteiger partial charge is 0.352 e. The van der Waals surface area contributed by atoms with Crippen LogP contribution in [0.25, 0.3) is 21.9 Å². The lowest BCUT2D eigenvalue weighted by Gasteiger charge is -2.10. The Balaban J connectivity index is 1.17. The van der Waals surface area contributed by atoms with Gasteiger partial charge in [-0.15, -0.1) is 0 Å². The van der Waals surface area contributed by atoms with Crippen LogP contribution in [0.5, 0.6) is 0 Å². The van der Waals surface area contributed by atoms with Crippen LogP contribution in [-0.2, 0) is 16.6 Å². The van der Waals surface area contributed by atoms with Gasteiger partial charge in [0, 0.05) is 36.1 Å². The minimum Gasteiger partial charge on any atom is -0.352 e. The fourth-order valence-corrected chi connectivity index (χ4v) is 5.06. The quantitative estimate of drug-likeness (QED) is 0.249. The van der Waals surface area contributed by atoms with Crippen molar-refractivity contribution in [2.45, 2.75) is 17.9 Å². The molecule has 0 radical (unpaired) electrons. The van der Waals surface area contributed by atoms with Crippen LogP contribution in [0.3, 0.4) is 0 Å². The summed E-state index contributed by atoms with van der Waals surface area (Å²) in [5.74, 6) is -0.223. The second-order valence-corrected chi connectivity index (χ2v) is 9.83. The molecule has 178 valence electrons. The average Bonchev–Trinajstić information content (AvgIpc) is 3.43. The molecule has 0 saturated carbocycles. The van der Waals surface area contributed by atoms with Crippen LogP contribution in [-0.4, -0.2) is 35.4 Å². The van der Waals surface area contributed by atoms with Crippen molar-refractivity contribution < 1.29 is 13.2 Å². The highest BCUT2D eigenvalue weighted by atomic mass is 32.2. The first-order valence-electron chi connectivity index (χ1n) is 11.1. The van der Waals surface area contributed by atoms with Gasteiger partial charge in [-0.2, -0.15) is 0 Å². The highest BCUT2D eigenvalue weighted by Crippen LogP contribution is 2.20. The van der Waals surface area contributed by atoms with Crippen LogP contribution in [0.2, 0.25) is 0 Å². The fourth-order valence-electron chi connectivity index (χ4n) is 3.97. The van der Waals surface area contributed by atoms with Gasteiger partial charge in [0.05, 0.1) is 15.9 Å². The van der Waals surface area contributed by atoms with E-state index in [-0.39, 0.29) is 10.8 Å². The van der Waals surface area contributed by atoms with Gasteiger partial charge in [-0.3, -0.25) is 9.52 Å². The number of aromatic amines is 2. The van der Waals surface area contributed by atoms with Gasteiger partial charge < -0.3 is 19.9 Å². The minimum absolute atomic E-state index is 0.0116. The van der Waals surface area contributed by atoms with Crippen LogP contribution in [0, 0.1) is 0 Å². The third-order valence-electron chi connectivity index (χ3n) is 5.74. The molecule has 0 spiro atoms.